The lowest BCUT2D eigenvalue weighted by Crippen LogP contribution is -1.98. The van der Waals surface area contributed by atoms with Gasteiger partial charge < -0.3 is 0 Å². The third-order valence-electron chi connectivity index (χ3n) is 4.31. The van der Waals surface area contributed by atoms with E-state index in [0.717, 1.165) is 17.3 Å². The summed E-state index contributed by atoms with van der Waals surface area (Å²) in [6.07, 6.45) is 4.39. The smallest absolute Gasteiger partial charge is 0.0123 e. The van der Waals surface area contributed by atoms with Crippen molar-refractivity contribution in [2.45, 2.75) is 39.0 Å². The fraction of sp³-hybridized carbons (Fsp3) is 0.571. The lowest BCUT2D eigenvalue weighted by molar-refractivity contribution is 0.479. The lowest BCUT2D eigenvalue weighted by atomic mass is 9.96. The van der Waals surface area contributed by atoms with E-state index in [4.69, 9.17) is 0 Å². The van der Waals surface area contributed by atoms with Gasteiger partial charge in [-0.1, -0.05) is 31.2 Å². The second kappa shape index (κ2) is 2.62. The minimum absolute atomic E-state index is 0.729. The summed E-state index contributed by atoms with van der Waals surface area (Å²) in [5.41, 5.74) is 3.84. The van der Waals surface area contributed by atoms with Crippen LogP contribution in [-0.2, 0) is 0 Å². The van der Waals surface area contributed by atoms with Crippen LogP contribution >= 0.6 is 0 Å². The van der Waals surface area contributed by atoms with Crippen molar-refractivity contribution < 1.29 is 0 Å². The first-order valence-corrected chi connectivity index (χ1v) is 5.76. The summed E-state index contributed by atoms with van der Waals surface area (Å²) < 4.78 is 0. The monoisotopic (exact) mass is 186 g/mol. The Morgan fingerprint density at radius 2 is 1.93 bits per heavy atom. The van der Waals surface area contributed by atoms with Crippen LogP contribution in [0.15, 0.2) is 24.3 Å². The van der Waals surface area contributed by atoms with Crippen molar-refractivity contribution in [2.75, 3.05) is 0 Å². The Morgan fingerprint density at radius 1 is 1.21 bits per heavy atom. The van der Waals surface area contributed by atoms with Gasteiger partial charge in [0.1, 0.15) is 0 Å². The predicted molar refractivity (Wildman–Crippen MR) is 59.4 cm³/mol. The Kier molecular flexibility index (Phi) is 1.60. The molecular weight excluding hydrogens is 168 g/mol. The zero-order chi connectivity index (χ0) is 9.76. The lowest BCUT2D eigenvalue weighted by Gasteiger charge is -2.08. The summed E-state index contributed by atoms with van der Waals surface area (Å²) in [6.45, 7) is 4.72. The first-order chi connectivity index (χ1) is 6.71. The fourth-order valence-corrected chi connectivity index (χ4v) is 2.88. The average molecular weight is 186 g/mol. The first kappa shape index (κ1) is 8.52. The molecule has 0 heteroatoms. The molecule has 2 aliphatic carbocycles. The second-order valence-corrected chi connectivity index (χ2v) is 5.46. The summed E-state index contributed by atoms with van der Waals surface area (Å²) in [7, 11) is 0. The predicted octanol–water partition coefficient (Wildman–Crippen LogP) is 3.90. The van der Waals surface area contributed by atoms with Crippen LogP contribution in [0.3, 0.4) is 0 Å². The van der Waals surface area contributed by atoms with Crippen molar-refractivity contribution in [3.8, 4) is 0 Å². The molecule has 0 unspecified atom stereocenters. The van der Waals surface area contributed by atoms with Gasteiger partial charge in [0.2, 0.25) is 0 Å². The molecule has 0 spiro atoms. The standard InChI is InChI=1S/C14H18/c1-10-5-3-4-6-11(10)12-9-13(12)14(2)7-8-14/h3-6,12-13H,7-9H2,1-2H3/t12-,13-/m0/s1. The molecule has 0 heterocycles. The van der Waals surface area contributed by atoms with Crippen LogP contribution in [0, 0.1) is 18.3 Å². The highest BCUT2D eigenvalue weighted by atomic mass is 14.6. The number of hydrogen-bond acceptors (Lipinski definition) is 0. The zero-order valence-electron chi connectivity index (χ0n) is 9.09. The Labute approximate surface area is 86.3 Å². The Morgan fingerprint density at radius 3 is 2.57 bits per heavy atom. The molecule has 0 radical (unpaired) electrons. The van der Waals surface area contributed by atoms with E-state index in [0.29, 0.717) is 0 Å². The molecule has 0 amide bonds. The molecule has 3 rings (SSSR count). The van der Waals surface area contributed by atoms with E-state index in [1.165, 1.54) is 24.8 Å². The fourth-order valence-electron chi connectivity index (χ4n) is 2.88. The van der Waals surface area contributed by atoms with E-state index in [1.807, 2.05) is 0 Å². The molecule has 0 aliphatic heterocycles. The molecule has 74 valence electrons. The number of aryl methyl sites for hydroxylation is 1. The van der Waals surface area contributed by atoms with Crippen molar-refractivity contribution in [1.82, 2.24) is 0 Å². The molecule has 2 atom stereocenters. The normalized spacial score (nSPS) is 32.7. The van der Waals surface area contributed by atoms with Crippen LogP contribution in [0.5, 0.6) is 0 Å². The van der Waals surface area contributed by atoms with Crippen LogP contribution in [0.1, 0.15) is 43.2 Å². The Balaban J connectivity index is 1.83. The third kappa shape index (κ3) is 1.20. The number of benzene rings is 1. The van der Waals surface area contributed by atoms with Crippen LogP contribution in [0.25, 0.3) is 0 Å². The van der Waals surface area contributed by atoms with Crippen LogP contribution in [-0.4, -0.2) is 0 Å². The van der Waals surface area contributed by atoms with Crippen molar-refractivity contribution in [3.63, 3.8) is 0 Å². The molecule has 0 N–H and O–H groups in total. The van der Waals surface area contributed by atoms with Gasteiger partial charge in [0, 0.05) is 0 Å². The Bertz CT molecular complexity index is 360. The molecule has 0 bridgehead atoms. The third-order valence-corrected chi connectivity index (χ3v) is 4.31. The maximum absolute atomic E-state index is 2.47. The topological polar surface area (TPSA) is 0 Å². The zero-order valence-corrected chi connectivity index (χ0v) is 9.09. The van der Waals surface area contributed by atoms with E-state index in [1.54, 1.807) is 5.56 Å². The highest BCUT2D eigenvalue weighted by Gasteiger charge is 2.56. The van der Waals surface area contributed by atoms with Crippen molar-refractivity contribution in [2.24, 2.45) is 11.3 Å². The molecule has 2 saturated carbocycles. The maximum atomic E-state index is 2.47. The molecule has 14 heavy (non-hydrogen) atoms. The van der Waals surface area contributed by atoms with E-state index in [2.05, 4.69) is 38.1 Å². The summed E-state index contributed by atoms with van der Waals surface area (Å²) in [4.78, 5) is 0. The van der Waals surface area contributed by atoms with Crippen LogP contribution in [0.4, 0.5) is 0 Å². The summed E-state index contributed by atoms with van der Waals surface area (Å²) in [5, 5.41) is 0. The molecular formula is C14H18. The van der Waals surface area contributed by atoms with E-state index < -0.39 is 0 Å². The largest absolute Gasteiger partial charge is 0.0620 e. The second-order valence-electron chi connectivity index (χ2n) is 5.46. The van der Waals surface area contributed by atoms with Crippen molar-refractivity contribution in [3.05, 3.63) is 35.4 Å². The number of rotatable bonds is 2. The summed E-state index contributed by atoms with van der Waals surface area (Å²) in [5.74, 6) is 1.90. The van der Waals surface area contributed by atoms with Crippen molar-refractivity contribution in [1.29, 1.82) is 0 Å². The van der Waals surface area contributed by atoms with E-state index in [9.17, 15) is 0 Å². The summed E-state index contributed by atoms with van der Waals surface area (Å²) in [6, 6.07) is 8.91. The van der Waals surface area contributed by atoms with Crippen LogP contribution < -0.4 is 0 Å². The maximum Gasteiger partial charge on any atom is -0.0123 e. The first-order valence-electron chi connectivity index (χ1n) is 5.76. The Hall–Kier alpha value is -0.780. The molecule has 1 aromatic rings. The van der Waals surface area contributed by atoms with Gasteiger partial charge >= 0.3 is 0 Å². The van der Waals surface area contributed by atoms with Gasteiger partial charge in [-0.05, 0) is 54.6 Å². The van der Waals surface area contributed by atoms with Gasteiger partial charge in [0.15, 0.2) is 0 Å². The molecule has 0 nitrogen and oxygen atoms in total. The van der Waals surface area contributed by atoms with Gasteiger partial charge in [-0.25, -0.2) is 0 Å². The molecule has 2 fully saturated rings. The van der Waals surface area contributed by atoms with Crippen LogP contribution in [0.2, 0.25) is 0 Å². The molecule has 2 aliphatic rings. The van der Waals surface area contributed by atoms with Gasteiger partial charge in [-0.2, -0.15) is 0 Å². The molecule has 1 aromatic carbocycles. The SMILES string of the molecule is Cc1ccccc1[C@@H]1C[C@@H]1C1(C)CC1. The van der Waals surface area contributed by atoms with Gasteiger partial charge in [0.05, 0.1) is 0 Å². The van der Waals surface area contributed by atoms with E-state index >= 15 is 0 Å². The van der Waals surface area contributed by atoms with Gasteiger partial charge in [-0.15, -0.1) is 0 Å². The average Bonchev–Trinajstić information content (AvgIpc) is 3.01. The highest BCUT2D eigenvalue weighted by molar-refractivity contribution is 5.35. The van der Waals surface area contributed by atoms with E-state index in [-0.39, 0.29) is 0 Å². The molecule has 0 aromatic heterocycles. The highest BCUT2D eigenvalue weighted by Crippen LogP contribution is 2.67. The number of hydrogen-bond donors (Lipinski definition) is 0. The summed E-state index contributed by atoms with van der Waals surface area (Å²) >= 11 is 0. The minimum atomic E-state index is 0.729. The quantitative estimate of drug-likeness (QED) is 0.657. The van der Waals surface area contributed by atoms with Gasteiger partial charge in [-0.3, -0.25) is 0 Å². The van der Waals surface area contributed by atoms with Crippen molar-refractivity contribution >= 4 is 0 Å². The van der Waals surface area contributed by atoms with Gasteiger partial charge in [0.25, 0.3) is 0 Å². The minimum Gasteiger partial charge on any atom is -0.0620 e. The molecule has 0 saturated heterocycles.